The van der Waals surface area contributed by atoms with Crippen molar-refractivity contribution in [3.05, 3.63) is 95.8 Å². The highest BCUT2D eigenvalue weighted by Gasteiger charge is 2.06. The van der Waals surface area contributed by atoms with E-state index in [9.17, 15) is 14.3 Å². The van der Waals surface area contributed by atoms with Crippen LogP contribution in [0.4, 0.5) is 4.39 Å². The summed E-state index contributed by atoms with van der Waals surface area (Å²) in [5.74, 6) is 0.976. The molecule has 0 fully saturated rings. The summed E-state index contributed by atoms with van der Waals surface area (Å²) >= 11 is 0. The van der Waals surface area contributed by atoms with Crippen molar-refractivity contribution in [2.75, 3.05) is 65.9 Å². The van der Waals surface area contributed by atoms with Gasteiger partial charge in [-0.1, -0.05) is 48.5 Å². The number of hydrogen-bond donors (Lipinski definition) is 3. The van der Waals surface area contributed by atoms with Gasteiger partial charge in [0.25, 0.3) is 0 Å². The molecule has 0 saturated heterocycles. The second kappa shape index (κ2) is 22.0. The third-order valence-corrected chi connectivity index (χ3v) is 6.39. The summed E-state index contributed by atoms with van der Waals surface area (Å²) in [7, 11) is 0. The van der Waals surface area contributed by atoms with Crippen molar-refractivity contribution in [3.8, 4) is 11.5 Å². The lowest BCUT2D eigenvalue weighted by Crippen LogP contribution is -2.33. The molecule has 10 heteroatoms. The minimum atomic E-state index is -0.685. The maximum absolute atomic E-state index is 13.0. The van der Waals surface area contributed by atoms with E-state index in [-0.39, 0.29) is 18.3 Å². The van der Waals surface area contributed by atoms with Gasteiger partial charge in [0.05, 0.1) is 39.6 Å². The zero-order chi connectivity index (χ0) is 31.1. The van der Waals surface area contributed by atoms with Crippen LogP contribution < -0.4 is 20.1 Å². The van der Waals surface area contributed by atoms with Crippen LogP contribution in [0.25, 0.3) is 0 Å². The molecule has 240 valence electrons. The van der Waals surface area contributed by atoms with Crippen LogP contribution in [-0.2, 0) is 32.0 Å². The number of amides is 1. The lowest BCUT2D eigenvalue weighted by Gasteiger charge is -2.14. The summed E-state index contributed by atoms with van der Waals surface area (Å²) in [4.78, 5) is 11.9. The van der Waals surface area contributed by atoms with Gasteiger partial charge in [0.2, 0.25) is 5.91 Å². The van der Waals surface area contributed by atoms with Crippen LogP contribution in [0.5, 0.6) is 11.5 Å². The molecular formula is C34H45FN2O7. The summed E-state index contributed by atoms with van der Waals surface area (Å²) in [5.41, 5.74) is 2.11. The molecule has 44 heavy (non-hydrogen) atoms. The third-order valence-electron chi connectivity index (χ3n) is 6.39. The number of aliphatic hydroxyl groups excluding tert-OH is 1. The predicted octanol–water partition coefficient (Wildman–Crippen LogP) is 3.92. The number of rotatable bonds is 24. The van der Waals surface area contributed by atoms with E-state index in [0.717, 1.165) is 18.4 Å². The molecule has 1 amide bonds. The van der Waals surface area contributed by atoms with Crippen LogP contribution in [0.1, 0.15) is 24.0 Å². The average molecular weight is 613 g/mol. The van der Waals surface area contributed by atoms with Crippen molar-refractivity contribution in [2.24, 2.45) is 0 Å². The Morgan fingerprint density at radius 2 is 1.41 bits per heavy atom. The highest BCUT2D eigenvalue weighted by molar-refractivity contribution is 5.75. The van der Waals surface area contributed by atoms with Gasteiger partial charge in [-0.25, -0.2) is 4.39 Å². The third kappa shape index (κ3) is 16.3. The molecule has 1 unspecified atom stereocenters. The molecule has 3 N–H and O–H groups in total. The largest absolute Gasteiger partial charge is 0.491 e. The number of aryl methyl sites for hydroxylation is 1. The van der Waals surface area contributed by atoms with Crippen molar-refractivity contribution in [1.29, 1.82) is 0 Å². The Morgan fingerprint density at radius 3 is 2.14 bits per heavy atom. The number of benzene rings is 3. The Bertz CT molecular complexity index is 1170. The maximum Gasteiger partial charge on any atom is 0.220 e. The molecule has 3 aromatic carbocycles. The minimum Gasteiger partial charge on any atom is -0.491 e. The fraction of sp³-hybridized carbons (Fsp3) is 0.441. The number of nitrogens with one attached hydrogen (secondary N) is 2. The summed E-state index contributed by atoms with van der Waals surface area (Å²) in [5, 5.41) is 16.2. The van der Waals surface area contributed by atoms with Crippen LogP contribution >= 0.6 is 0 Å². The van der Waals surface area contributed by atoms with Crippen LogP contribution in [-0.4, -0.2) is 83.0 Å². The molecule has 9 nitrogen and oxygen atoms in total. The molecule has 0 spiro atoms. The maximum atomic E-state index is 13.0. The van der Waals surface area contributed by atoms with Gasteiger partial charge in [0.1, 0.15) is 36.6 Å². The molecule has 0 aromatic heterocycles. The van der Waals surface area contributed by atoms with Crippen molar-refractivity contribution in [1.82, 2.24) is 10.6 Å². The number of ether oxygens (including phenoxy) is 5. The Morgan fingerprint density at radius 1 is 0.750 bits per heavy atom. The highest BCUT2D eigenvalue weighted by atomic mass is 19.1. The van der Waals surface area contributed by atoms with E-state index < -0.39 is 6.10 Å². The normalized spacial score (nSPS) is 11.7. The fourth-order valence-corrected chi connectivity index (χ4v) is 4.06. The molecule has 0 aliphatic rings. The zero-order valence-electron chi connectivity index (χ0n) is 25.3. The summed E-state index contributed by atoms with van der Waals surface area (Å²) < 4.78 is 41.0. The molecule has 0 aliphatic heterocycles. The number of carbonyl (C=O) groups is 1. The van der Waals surface area contributed by atoms with Crippen molar-refractivity contribution in [2.45, 2.75) is 32.0 Å². The Kier molecular flexibility index (Phi) is 17.5. The van der Waals surface area contributed by atoms with E-state index in [2.05, 4.69) is 22.8 Å². The van der Waals surface area contributed by atoms with E-state index in [1.807, 2.05) is 30.3 Å². The van der Waals surface area contributed by atoms with Crippen molar-refractivity contribution < 1.29 is 38.0 Å². The lowest BCUT2D eigenvalue weighted by atomic mass is 10.1. The van der Waals surface area contributed by atoms with E-state index >= 15 is 0 Å². The molecular weight excluding hydrogens is 567 g/mol. The van der Waals surface area contributed by atoms with Gasteiger partial charge >= 0.3 is 0 Å². The lowest BCUT2D eigenvalue weighted by molar-refractivity contribution is -0.121. The van der Waals surface area contributed by atoms with Gasteiger partial charge in [0.15, 0.2) is 0 Å². The first-order valence-electron chi connectivity index (χ1n) is 15.1. The Labute approximate surface area is 259 Å². The second-order valence-electron chi connectivity index (χ2n) is 10.1. The van der Waals surface area contributed by atoms with Crippen molar-refractivity contribution in [3.63, 3.8) is 0 Å². The molecule has 0 heterocycles. The summed E-state index contributed by atoms with van der Waals surface area (Å²) in [6.45, 7) is 4.68. The van der Waals surface area contributed by atoms with Gasteiger partial charge in [0, 0.05) is 32.1 Å². The first-order valence-corrected chi connectivity index (χ1v) is 15.1. The number of aliphatic hydroxyl groups is 1. The Balaban J connectivity index is 1.07. The van der Waals surface area contributed by atoms with Crippen LogP contribution in [0, 0.1) is 5.82 Å². The van der Waals surface area contributed by atoms with E-state index in [1.165, 1.54) is 17.7 Å². The van der Waals surface area contributed by atoms with Gasteiger partial charge in [-0.05, 0) is 48.2 Å². The molecule has 3 rings (SSSR count). The first-order chi connectivity index (χ1) is 21.6. The zero-order valence-corrected chi connectivity index (χ0v) is 25.3. The summed E-state index contributed by atoms with van der Waals surface area (Å²) in [6.07, 6.45) is 1.55. The predicted molar refractivity (Wildman–Crippen MR) is 166 cm³/mol. The number of carbonyl (C=O) groups excluding carboxylic acids is 1. The molecule has 0 radical (unpaired) electrons. The van der Waals surface area contributed by atoms with Gasteiger partial charge in [-0.15, -0.1) is 0 Å². The molecule has 0 bridgehead atoms. The monoisotopic (exact) mass is 612 g/mol. The van der Waals surface area contributed by atoms with E-state index in [4.69, 9.17) is 23.7 Å². The second-order valence-corrected chi connectivity index (χ2v) is 10.1. The van der Waals surface area contributed by atoms with Crippen LogP contribution in [0.3, 0.4) is 0 Å². The van der Waals surface area contributed by atoms with E-state index in [0.29, 0.717) is 83.8 Å². The average Bonchev–Trinajstić information content (AvgIpc) is 3.04. The van der Waals surface area contributed by atoms with Gasteiger partial charge < -0.3 is 39.4 Å². The fourth-order valence-electron chi connectivity index (χ4n) is 4.06. The van der Waals surface area contributed by atoms with Gasteiger partial charge in [-0.3, -0.25) is 4.79 Å². The SMILES string of the molecule is O=C(CCCc1ccccc1)NCCOCCOCCOCCNCC(O)COc1cccc(OCc2ccc(F)cc2)c1. The minimum absolute atomic E-state index is 0.0450. The van der Waals surface area contributed by atoms with Crippen LogP contribution in [0.2, 0.25) is 0 Å². The highest BCUT2D eigenvalue weighted by Crippen LogP contribution is 2.20. The number of hydrogen-bond acceptors (Lipinski definition) is 8. The smallest absolute Gasteiger partial charge is 0.220 e. The van der Waals surface area contributed by atoms with E-state index in [1.54, 1.807) is 24.3 Å². The first kappa shape index (κ1) is 34.9. The van der Waals surface area contributed by atoms with Crippen LogP contribution in [0.15, 0.2) is 78.9 Å². The molecule has 1 atom stereocenters. The number of halogens is 1. The molecule has 0 saturated carbocycles. The Hall–Kier alpha value is -3.54. The quantitative estimate of drug-likeness (QED) is 0.131. The molecule has 3 aromatic rings. The van der Waals surface area contributed by atoms with Crippen molar-refractivity contribution >= 4 is 5.91 Å². The molecule has 0 aliphatic carbocycles. The summed E-state index contributed by atoms with van der Waals surface area (Å²) in [6, 6.07) is 23.5. The topological polar surface area (TPSA) is 108 Å². The van der Waals surface area contributed by atoms with Gasteiger partial charge in [-0.2, -0.15) is 0 Å². The standard InChI is InChI=1S/C34H45FN2O7/c35-30-14-12-29(13-15-30)26-43-32-9-5-10-33(24-32)44-27-31(38)25-36-16-18-40-20-22-42-23-21-41-19-17-37-34(39)11-4-8-28-6-2-1-3-7-28/h1-3,5-7,9-10,12-15,24,31,36,38H,4,8,11,16-23,25-27H2,(H,37,39).